The molecule has 3 N–H and O–H groups in total. The molecule has 4 nitrogen and oxygen atoms in total. The van der Waals surface area contributed by atoms with Crippen LogP contribution in [-0.2, 0) is 0 Å². The monoisotopic (exact) mass is 544 g/mol. The van der Waals surface area contributed by atoms with Gasteiger partial charge in [0.15, 0.2) is 0 Å². The van der Waals surface area contributed by atoms with Gasteiger partial charge >= 0.3 is 5.97 Å². The van der Waals surface area contributed by atoms with E-state index in [4.69, 9.17) is 0 Å². The molecule has 0 aliphatic heterocycles. The third kappa shape index (κ3) is 6.37. The van der Waals surface area contributed by atoms with Crippen molar-refractivity contribution in [3.8, 4) is 11.5 Å². The smallest absolute Gasteiger partial charge is 0.335 e. The van der Waals surface area contributed by atoms with Gasteiger partial charge in [0.25, 0.3) is 0 Å². The van der Waals surface area contributed by atoms with Crippen molar-refractivity contribution in [2.75, 3.05) is 0 Å². The SMILES string of the molecule is CCC(C)c1cc(C(C)CC)c(O)c(C(c2cccc(C(=O)O)c2)c2cc(C(C)CC)cc(C(C)CC)c2O)c1. The molecule has 216 valence electrons. The standard InChI is InChI=1S/C36H48O4/c1-9-21(5)27-17-29(23(7)11-3)34(37)31(19-27)33(25-14-13-15-26(16-25)36(39)40)32-20-28(22(6)10-2)18-30(35(32)38)24(8)12-4/h13-24,33,37-38H,9-12H2,1-8H3,(H,39,40). The maximum absolute atomic E-state index is 12.0. The van der Waals surface area contributed by atoms with Crippen LogP contribution in [0.15, 0.2) is 48.5 Å². The molecule has 0 saturated carbocycles. The van der Waals surface area contributed by atoms with Gasteiger partial charge in [0.1, 0.15) is 11.5 Å². The average molecular weight is 545 g/mol. The zero-order valence-corrected chi connectivity index (χ0v) is 25.6. The molecule has 40 heavy (non-hydrogen) atoms. The predicted octanol–water partition coefficient (Wildman–Crippen LogP) is 10.0. The Kier molecular flexibility index (Phi) is 10.5. The Labute approximate surface area is 241 Å². The van der Waals surface area contributed by atoms with E-state index in [1.54, 1.807) is 18.2 Å². The van der Waals surface area contributed by atoms with Crippen LogP contribution in [0.25, 0.3) is 0 Å². The number of rotatable bonds is 12. The predicted molar refractivity (Wildman–Crippen MR) is 165 cm³/mol. The fourth-order valence-corrected chi connectivity index (χ4v) is 5.46. The second kappa shape index (κ2) is 13.4. The van der Waals surface area contributed by atoms with Crippen molar-refractivity contribution < 1.29 is 20.1 Å². The zero-order chi connectivity index (χ0) is 29.7. The number of carboxylic acids is 1. The fourth-order valence-electron chi connectivity index (χ4n) is 5.46. The summed E-state index contributed by atoms with van der Waals surface area (Å²) in [5, 5.41) is 33.6. The molecule has 0 radical (unpaired) electrons. The summed E-state index contributed by atoms with van der Waals surface area (Å²) in [5.41, 5.74) is 6.42. The van der Waals surface area contributed by atoms with Crippen LogP contribution in [-0.4, -0.2) is 21.3 Å². The molecule has 3 aromatic carbocycles. The van der Waals surface area contributed by atoms with Crippen molar-refractivity contribution in [3.63, 3.8) is 0 Å². The molecule has 4 atom stereocenters. The highest BCUT2D eigenvalue weighted by Crippen LogP contribution is 2.48. The van der Waals surface area contributed by atoms with Crippen LogP contribution >= 0.6 is 0 Å². The first kappa shape index (κ1) is 31.3. The number of aromatic hydroxyl groups is 2. The normalized spacial score (nSPS) is 15.3. The van der Waals surface area contributed by atoms with Crippen LogP contribution in [0.1, 0.15) is 160 Å². The van der Waals surface area contributed by atoms with Gasteiger partial charge in [-0.3, -0.25) is 0 Å². The van der Waals surface area contributed by atoms with Gasteiger partial charge in [-0.05, 0) is 89.3 Å². The summed E-state index contributed by atoms with van der Waals surface area (Å²) in [7, 11) is 0. The third-order valence-electron chi connectivity index (χ3n) is 9.12. The number of aromatic carboxylic acids is 1. The van der Waals surface area contributed by atoms with E-state index in [-0.39, 0.29) is 40.7 Å². The lowest BCUT2D eigenvalue weighted by atomic mass is 9.77. The van der Waals surface area contributed by atoms with Crippen LogP contribution in [0.3, 0.4) is 0 Å². The van der Waals surface area contributed by atoms with E-state index in [1.807, 2.05) is 6.07 Å². The Hall–Kier alpha value is -3.27. The van der Waals surface area contributed by atoms with E-state index in [0.29, 0.717) is 11.1 Å². The summed E-state index contributed by atoms with van der Waals surface area (Å²) in [6.07, 6.45) is 3.67. The topological polar surface area (TPSA) is 77.8 Å². The van der Waals surface area contributed by atoms with E-state index in [1.165, 1.54) is 0 Å². The molecular weight excluding hydrogens is 496 g/mol. The van der Waals surface area contributed by atoms with Crippen LogP contribution in [0.2, 0.25) is 0 Å². The van der Waals surface area contributed by atoms with Gasteiger partial charge in [0.05, 0.1) is 5.56 Å². The van der Waals surface area contributed by atoms with Gasteiger partial charge < -0.3 is 15.3 Å². The van der Waals surface area contributed by atoms with Crippen molar-refractivity contribution in [1.82, 2.24) is 0 Å². The summed E-state index contributed by atoms with van der Waals surface area (Å²) in [4.78, 5) is 12.0. The van der Waals surface area contributed by atoms with Gasteiger partial charge in [0, 0.05) is 17.0 Å². The van der Waals surface area contributed by atoms with Gasteiger partial charge in [0.2, 0.25) is 0 Å². The van der Waals surface area contributed by atoms with Crippen LogP contribution < -0.4 is 0 Å². The van der Waals surface area contributed by atoms with Gasteiger partial charge in [-0.25, -0.2) is 4.79 Å². The maximum Gasteiger partial charge on any atom is 0.335 e. The second-order valence-corrected chi connectivity index (χ2v) is 11.7. The number of benzene rings is 3. The van der Waals surface area contributed by atoms with Crippen LogP contribution in [0, 0.1) is 0 Å². The summed E-state index contributed by atoms with van der Waals surface area (Å²) in [6.45, 7) is 17.2. The molecule has 0 heterocycles. The van der Waals surface area contributed by atoms with Crippen molar-refractivity contribution in [1.29, 1.82) is 0 Å². The van der Waals surface area contributed by atoms with Crippen molar-refractivity contribution in [2.24, 2.45) is 0 Å². The number of hydrogen-bond acceptors (Lipinski definition) is 3. The van der Waals surface area contributed by atoms with Gasteiger partial charge in [-0.2, -0.15) is 0 Å². The quantitative estimate of drug-likeness (QED) is 0.198. The number of phenols is 2. The number of carboxylic acid groups (broad SMARTS) is 1. The highest BCUT2D eigenvalue weighted by atomic mass is 16.4. The van der Waals surface area contributed by atoms with Crippen LogP contribution in [0.5, 0.6) is 11.5 Å². The summed E-state index contributed by atoms with van der Waals surface area (Å²) >= 11 is 0. The first-order valence-electron chi connectivity index (χ1n) is 15.0. The van der Waals surface area contributed by atoms with E-state index in [9.17, 15) is 20.1 Å². The molecule has 0 aromatic heterocycles. The lowest BCUT2D eigenvalue weighted by Gasteiger charge is -2.28. The number of phenolic OH excluding ortho intramolecular Hbond substituents is 2. The highest BCUT2D eigenvalue weighted by molar-refractivity contribution is 5.88. The van der Waals surface area contributed by atoms with Gasteiger partial charge in [-0.1, -0.05) is 91.8 Å². The number of carbonyl (C=O) groups is 1. The molecule has 0 saturated heterocycles. The summed E-state index contributed by atoms with van der Waals surface area (Å²) in [6, 6.07) is 15.3. The zero-order valence-electron chi connectivity index (χ0n) is 25.6. The molecule has 0 fully saturated rings. The van der Waals surface area contributed by atoms with Gasteiger partial charge in [-0.15, -0.1) is 0 Å². The average Bonchev–Trinajstić information content (AvgIpc) is 2.97. The molecule has 0 amide bonds. The molecular formula is C36H48O4. The minimum Gasteiger partial charge on any atom is -0.507 e. The van der Waals surface area contributed by atoms with E-state index in [0.717, 1.165) is 53.5 Å². The van der Waals surface area contributed by atoms with E-state index in [2.05, 4.69) is 79.7 Å². The van der Waals surface area contributed by atoms with Crippen molar-refractivity contribution in [2.45, 2.75) is 111 Å². The Bertz CT molecular complexity index is 1250. The second-order valence-electron chi connectivity index (χ2n) is 11.7. The lowest BCUT2D eigenvalue weighted by molar-refractivity contribution is 0.0696. The third-order valence-corrected chi connectivity index (χ3v) is 9.12. The summed E-state index contributed by atoms with van der Waals surface area (Å²) in [5.74, 6) is -0.243. The first-order valence-corrected chi connectivity index (χ1v) is 15.0. The Morgan fingerprint density at radius 3 is 1.38 bits per heavy atom. The number of hydrogen-bond donors (Lipinski definition) is 3. The molecule has 0 aliphatic carbocycles. The summed E-state index contributed by atoms with van der Waals surface area (Å²) < 4.78 is 0. The van der Waals surface area contributed by atoms with Crippen molar-refractivity contribution in [3.05, 3.63) is 93.0 Å². The Morgan fingerprint density at radius 1 is 0.600 bits per heavy atom. The minimum atomic E-state index is -1.00. The van der Waals surface area contributed by atoms with Crippen LogP contribution in [0.4, 0.5) is 0 Å². The van der Waals surface area contributed by atoms with E-state index >= 15 is 0 Å². The molecule has 3 rings (SSSR count). The molecule has 0 spiro atoms. The largest absolute Gasteiger partial charge is 0.507 e. The highest BCUT2D eigenvalue weighted by Gasteiger charge is 2.30. The minimum absolute atomic E-state index is 0.143. The molecule has 3 aromatic rings. The Balaban J connectivity index is 2.51. The fraction of sp³-hybridized carbons (Fsp3) is 0.472. The Morgan fingerprint density at radius 2 is 1.00 bits per heavy atom. The van der Waals surface area contributed by atoms with Crippen molar-refractivity contribution >= 4 is 5.97 Å². The van der Waals surface area contributed by atoms with E-state index < -0.39 is 11.9 Å². The first-order chi connectivity index (χ1) is 19.0. The molecule has 4 unspecified atom stereocenters. The molecule has 4 heteroatoms. The molecule has 0 aliphatic rings. The maximum atomic E-state index is 12.0. The molecule has 0 bridgehead atoms. The lowest BCUT2D eigenvalue weighted by Crippen LogP contribution is -2.11.